The van der Waals surface area contributed by atoms with Gasteiger partial charge in [0.2, 0.25) is 0 Å². The summed E-state index contributed by atoms with van der Waals surface area (Å²) >= 11 is 0. The quantitative estimate of drug-likeness (QED) is 0.696. The van der Waals surface area contributed by atoms with Crippen LogP contribution in [-0.2, 0) is 0 Å². The number of aromatic hydroxyl groups is 1. The molecule has 0 saturated carbocycles. The van der Waals surface area contributed by atoms with E-state index >= 15 is 0 Å². The minimum atomic E-state index is 0.360. The van der Waals surface area contributed by atoms with Crippen molar-refractivity contribution in [1.29, 1.82) is 0 Å². The van der Waals surface area contributed by atoms with Gasteiger partial charge in [0.05, 0.1) is 0 Å². The maximum Gasteiger partial charge on any atom is 0.122 e. The summed E-state index contributed by atoms with van der Waals surface area (Å²) in [7, 11) is 0. The summed E-state index contributed by atoms with van der Waals surface area (Å²) in [5.74, 6) is 0.360. The van der Waals surface area contributed by atoms with Crippen molar-refractivity contribution in [1.82, 2.24) is 0 Å². The first kappa shape index (κ1) is 10.8. The van der Waals surface area contributed by atoms with Crippen molar-refractivity contribution in [3.8, 4) is 5.75 Å². The number of unbranched alkanes of at least 4 members (excludes halogenated alkanes) is 3. The third-order valence-corrected chi connectivity index (χ3v) is 2.21. The van der Waals surface area contributed by atoms with Gasteiger partial charge < -0.3 is 5.11 Å². The van der Waals surface area contributed by atoms with Gasteiger partial charge in [0.1, 0.15) is 5.75 Å². The SMILES string of the molecule is CCCCCC=Cc1ccccc1O. The van der Waals surface area contributed by atoms with Crippen molar-refractivity contribution < 1.29 is 5.11 Å². The van der Waals surface area contributed by atoms with Crippen LogP contribution in [0.3, 0.4) is 0 Å². The van der Waals surface area contributed by atoms with Gasteiger partial charge in [-0.3, -0.25) is 0 Å². The molecule has 0 atom stereocenters. The Kier molecular flexibility index (Phi) is 4.84. The van der Waals surface area contributed by atoms with Crippen LogP contribution in [0.2, 0.25) is 0 Å². The highest BCUT2D eigenvalue weighted by atomic mass is 16.3. The molecule has 1 aromatic carbocycles. The normalized spacial score (nSPS) is 10.9. The number of hydrogen-bond donors (Lipinski definition) is 1. The molecule has 0 fully saturated rings. The van der Waals surface area contributed by atoms with Crippen LogP contribution >= 0.6 is 0 Å². The van der Waals surface area contributed by atoms with Crippen LogP contribution in [-0.4, -0.2) is 5.11 Å². The fourth-order valence-corrected chi connectivity index (χ4v) is 1.35. The predicted octanol–water partition coefficient (Wildman–Crippen LogP) is 3.99. The average molecular weight is 190 g/mol. The molecule has 1 heteroatoms. The topological polar surface area (TPSA) is 20.2 Å². The van der Waals surface area contributed by atoms with Crippen LogP contribution in [0.1, 0.15) is 38.2 Å². The Morgan fingerprint density at radius 1 is 1.21 bits per heavy atom. The van der Waals surface area contributed by atoms with Crippen LogP contribution in [0.15, 0.2) is 30.3 Å². The molecule has 0 aliphatic carbocycles. The van der Waals surface area contributed by atoms with E-state index in [1.165, 1.54) is 19.3 Å². The Morgan fingerprint density at radius 2 is 2.00 bits per heavy atom. The molecule has 0 spiro atoms. The molecule has 1 nitrogen and oxygen atoms in total. The minimum absolute atomic E-state index is 0.360. The van der Waals surface area contributed by atoms with E-state index in [9.17, 15) is 5.11 Å². The fraction of sp³-hybridized carbons (Fsp3) is 0.385. The van der Waals surface area contributed by atoms with E-state index in [1.807, 2.05) is 24.3 Å². The molecule has 76 valence electrons. The first-order valence-corrected chi connectivity index (χ1v) is 5.29. The van der Waals surface area contributed by atoms with E-state index in [4.69, 9.17) is 0 Å². The number of phenols is 1. The van der Waals surface area contributed by atoms with Crippen LogP contribution in [0.25, 0.3) is 6.08 Å². The summed E-state index contributed by atoms with van der Waals surface area (Å²) < 4.78 is 0. The molecule has 0 aliphatic rings. The molecule has 0 saturated heterocycles. The Bertz CT molecular complexity index is 289. The second-order valence-electron chi connectivity index (χ2n) is 3.46. The second kappa shape index (κ2) is 6.25. The number of phenolic OH excluding ortho intramolecular Hbond substituents is 1. The van der Waals surface area contributed by atoms with Crippen molar-refractivity contribution in [2.45, 2.75) is 32.6 Å². The summed E-state index contributed by atoms with van der Waals surface area (Å²) in [4.78, 5) is 0. The summed E-state index contributed by atoms with van der Waals surface area (Å²) in [6.07, 6.45) is 8.99. The van der Waals surface area contributed by atoms with Gasteiger partial charge in [-0.15, -0.1) is 0 Å². The van der Waals surface area contributed by atoms with Gasteiger partial charge in [0.25, 0.3) is 0 Å². The molecule has 0 amide bonds. The zero-order valence-electron chi connectivity index (χ0n) is 8.74. The molecule has 0 unspecified atom stereocenters. The third-order valence-electron chi connectivity index (χ3n) is 2.21. The van der Waals surface area contributed by atoms with Gasteiger partial charge >= 0.3 is 0 Å². The van der Waals surface area contributed by atoms with Gasteiger partial charge in [0, 0.05) is 5.56 Å². The lowest BCUT2D eigenvalue weighted by molar-refractivity contribution is 0.474. The standard InChI is InChI=1S/C13H18O/c1-2-3-4-5-6-9-12-10-7-8-11-13(12)14/h6-11,14H,2-5H2,1H3. The van der Waals surface area contributed by atoms with Gasteiger partial charge in [-0.25, -0.2) is 0 Å². The van der Waals surface area contributed by atoms with E-state index in [1.54, 1.807) is 6.07 Å². The van der Waals surface area contributed by atoms with Gasteiger partial charge in [0.15, 0.2) is 0 Å². The second-order valence-corrected chi connectivity index (χ2v) is 3.46. The molecule has 0 bridgehead atoms. The van der Waals surface area contributed by atoms with Crippen molar-refractivity contribution in [3.05, 3.63) is 35.9 Å². The number of hydrogen-bond acceptors (Lipinski definition) is 1. The fourth-order valence-electron chi connectivity index (χ4n) is 1.35. The first-order chi connectivity index (χ1) is 6.84. The van der Waals surface area contributed by atoms with Gasteiger partial charge in [-0.2, -0.15) is 0 Å². The highest BCUT2D eigenvalue weighted by molar-refractivity contribution is 5.56. The van der Waals surface area contributed by atoms with Crippen molar-refractivity contribution in [2.24, 2.45) is 0 Å². The van der Waals surface area contributed by atoms with E-state index in [0.717, 1.165) is 12.0 Å². The van der Waals surface area contributed by atoms with Crippen molar-refractivity contribution in [3.63, 3.8) is 0 Å². The van der Waals surface area contributed by atoms with Crippen molar-refractivity contribution >= 4 is 6.08 Å². The molecule has 0 radical (unpaired) electrons. The molecule has 0 aliphatic heterocycles. The van der Waals surface area contributed by atoms with Crippen LogP contribution in [0.5, 0.6) is 5.75 Å². The Hall–Kier alpha value is -1.24. The van der Waals surface area contributed by atoms with Gasteiger partial charge in [-0.1, -0.05) is 50.1 Å². The van der Waals surface area contributed by atoms with E-state index in [-0.39, 0.29) is 0 Å². The molecule has 0 heterocycles. The molecule has 1 rings (SSSR count). The highest BCUT2D eigenvalue weighted by Crippen LogP contribution is 2.17. The predicted molar refractivity (Wildman–Crippen MR) is 61.3 cm³/mol. The summed E-state index contributed by atoms with van der Waals surface area (Å²) in [6, 6.07) is 7.41. The monoisotopic (exact) mass is 190 g/mol. The van der Waals surface area contributed by atoms with E-state index in [2.05, 4.69) is 13.0 Å². The summed E-state index contributed by atoms with van der Waals surface area (Å²) in [6.45, 7) is 2.20. The maximum atomic E-state index is 9.46. The van der Waals surface area contributed by atoms with Crippen LogP contribution in [0, 0.1) is 0 Å². The minimum Gasteiger partial charge on any atom is -0.507 e. The third kappa shape index (κ3) is 3.65. The summed E-state index contributed by atoms with van der Waals surface area (Å²) in [5.41, 5.74) is 0.906. The van der Waals surface area contributed by atoms with Crippen molar-refractivity contribution in [2.75, 3.05) is 0 Å². The Balaban J connectivity index is 2.40. The zero-order chi connectivity index (χ0) is 10.2. The number of allylic oxidation sites excluding steroid dienone is 1. The maximum absolute atomic E-state index is 9.46. The van der Waals surface area contributed by atoms with E-state index < -0.39 is 0 Å². The molecule has 1 aromatic rings. The smallest absolute Gasteiger partial charge is 0.122 e. The lowest BCUT2D eigenvalue weighted by Crippen LogP contribution is -1.74. The Morgan fingerprint density at radius 3 is 2.71 bits per heavy atom. The lowest BCUT2D eigenvalue weighted by Gasteiger charge is -1.97. The molecule has 14 heavy (non-hydrogen) atoms. The number of rotatable bonds is 5. The molecular formula is C13H18O. The van der Waals surface area contributed by atoms with Gasteiger partial charge in [-0.05, 0) is 18.9 Å². The molecule has 0 aromatic heterocycles. The first-order valence-electron chi connectivity index (χ1n) is 5.29. The van der Waals surface area contributed by atoms with E-state index in [0.29, 0.717) is 5.75 Å². The average Bonchev–Trinajstić information content (AvgIpc) is 2.20. The summed E-state index contributed by atoms with van der Waals surface area (Å²) in [5, 5.41) is 9.46. The highest BCUT2D eigenvalue weighted by Gasteiger charge is 1.92. The molecule has 1 N–H and O–H groups in total. The Labute approximate surface area is 86.1 Å². The largest absolute Gasteiger partial charge is 0.507 e. The van der Waals surface area contributed by atoms with Crippen LogP contribution < -0.4 is 0 Å². The van der Waals surface area contributed by atoms with Crippen LogP contribution in [0.4, 0.5) is 0 Å². The number of benzene rings is 1. The number of para-hydroxylation sites is 1. The zero-order valence-corrected chi connectivity index (χ0v) is 8.74. The lowest BCUT2D eigenvalue weighted by atomic mass is 10.1. The molecular weight excluding hydrogens is 172 g/mol.